The number of esters is 1. The lowest BCUT2D eigenvalue weighted by molar-refractivity contribution is -0.337. The molecule has 0 saturated carbocycles. The van der Waals surface area contributed by atoms with Crippen molar-refractivity contribution in [3.8, 4) is 0 Å². The van der Waals surface area contributed by atoms with Crippen molar-refractivity contribution in [2.45, 2.75) is 69.7 Å². The van der Waals surface area contributed by atoms with E-state index in [4.69, 9.17) is 29.2 Å². The molecule has 0 aliphatic carbocycles. The van der Waals surface area contributed by atoms with Gasteiger partial charge in [0.2, 0.25) is 0 Å². The molecule has 0 radical (unpaired) electrons. The van der Waals surface area contributed by atoms with E-state index >= 15 is 0 Å². The number of hydrogen-bond acceptors (Lipinski definition) is 7. The van der Waals surface area contributed by atoms with Crippen LogP contribution in [0.2, 0.25) is 0 Å². The lowest BCUT2D eigenvalue weighted by Gasteiger charge is -2.44. The number of ether oxygens (including phenoxy) is 5. The third-order valence-electron chi connectivity index (χ3n) is 3.87. The molecule has 3 aliphatic heterocycles. The van der Waals surface area contributed by atoms with Crippen molar-refractivity contribution in [2.75, 3.05) is 6.61 Å². The van der Waals surface area contributed by atoms with Gasteiger partial charge in [0, 0.05) is 4.91 Å². The highest BCUT2D eigenvalue weighted by Gasteiger charge is 2.58. The van der Waals surface area contributed by atoms with Crippen molar-refractivity contribution in [1.82, 2.24) is 0 Å². The molecule has 3 heterocycles. The van der Waals surface area contributed by atoms with Gasteiger partial charge in [0.1, 0.15) is 18.3 Å². The minimum Gasteiger partial charge on any atom is -0.456 e. The summed E-state index contributed by atoms with van der Waals surface area (Å²) < 4.78 is 28.4. The van der Waals surface area contributed by atoms with E-state index in [1.54, 1.807) is 27.7 Å². The second-order valence-electron chi connectivity index (χ2n) is 6.48. The van der Waals surface area contributed by atoms with E-state index in [2.05, 4.69) is 10.0 Å². The molecule has 0 aromatic rings. The Morgan fingerprint density at radius 1 is 1.09 bits per heavy atom. The van der Waals surface area contributed by atoms with Crippen LogP contribution in [0.3, 0.4) is 0 Å². The van der Waals surface area contributed by atoms with Gasteiger partial charge in [-0.2, -0.15) is 0 Å². The van der Waals surface area contributed by atoms with E-state index in [9.17, 15) is 4.79 Å². The molecule has 0 unspecified atom stereocenters. The van der Waals surface area contributed by atoms with Crippen LogP contribution < -0.4 is 0 Å². The average Bonchev–Trinajstić information content (AvgIpc) is 2.90. The molecular weight excluding hydrogens is 294 g/mol. The van der Waals surface area contributed by atoms with Crippen molar-refractivity contribution >= 4 is 5.97 Å². The number of nitrogens with zero attached hydrogens (tertiary/aromatic N) is 3. The minimum absolute atomic E-state index is 0.320. The Labute approximate surface area is 127 Å². The molecule has 0 aromatic carbocycles. The van der Waals surface area contributed by atoms with Gasteiger partial charge in [-0.05, 0) is 33.2 Å². The normalized spacial score (nSPS) is 42.4. The van der Waals surface area contributed by atoms with E-state index in [0.29, 0.717) is 6.61 Å². The zero-order valence-corrected chi connectivity index (χ0v) is 12.9. The van der Waals surface area contributed by atoms with Gasteiger partial charge in [-0.25, -0.2) is 0 Å². The molecule has 3 saturated heterocycles. The lowest BCUT2D eigenvalue weighted by atomic mass is 9.98. The smallest absolute Gasteiger partial charge is 0.318 e. The first kappa shape index (κ1) is 15.5. The monoisotopic (exact) mass is 313 g/mol. The van der Waals surface area contributed by atoms with Crippen LogP contribution in [-0.4, -0.2) is 54.6 Å². The summed E-state index contributed by atoms with van der Waals surface area (Å²) in [6.07, 6.45) is -2.36. The Hall–Kier alpha value is -1.38. The number of rotatable bonds is 2. The highest BCUT2D eigenvalue weighted by atomic mass is 16.8. The number of carbonyl (C=O) groups is 1. The number of hydrogen-bond donors (Lipinski definition) is 0. The maximum Gasteiger partial charge on any atom is 0.318 e. The Morgan fingerprint density at radius 2 is 1.77 bits per heavy atom. The molecule has 9 heteroatoms. The second-order valence-corrected chi connectivity index (χ2v) is 6.48. The van der Waals surface area contributed by atoms with Crippen molar-refractivity contribution < 1.29 is 28.5 Å². The summed E-state index contributed by atoms with van der Waals surface area (Å²) in [5.41, 5.74) is 8.63. The van der Waals surface area contributed by atoms with Gasteiger partial charge in [0.05, 0.1) is 6.61 Å². The van der Waals surface area contributed by atoms with Crippen molar-refractivity contribution in [3.05, 3.63) is 10.4 Å². The summed E-state index contributed by atoms with van der Waals surface area (Å²) in [6.45, 7) is 7.39. The molecule has 0 bridgehead atoms. The number of carbonyl (C=O) groups excluding carboxylic acids is 1. The van der Waals surface area contributed by atoms with Crippen LogP contribution >= 0.6 is 0 Å². The van der Waals surface area contributed by atoms with Gasteiger partial charge >= 0.3 is 5.97 Å². The predicted octanol–water partition coefficient (Wildman–Crippen LogP) is 1.26. The van der Waals surface area contributed by atoms with Gasteiger partial charge in [0.15, 0.2) is 23.7 Å². The largest absolute Gasteiger partial charge is 0.456 e. The fraction of sp³-hybridized carbons (Fsp3) is 0.923. The van der Waals surface area contributed by atoms with Crippen LogP contribution in [0.4, 0.5) is 0 Å². The van der Waals surface area contributed by atoms with Gasteiger partial charge < -0.3 is 23.7 Å². The molecule has 0 N–H and O–H groups in total. The molecule has 122 valence electrons. The maximum absolute atomic E-state index is 11.9. The Bertz CT molecular complexity index is 530. The van der Waals surface area contributed by atoms with Crippen LogP contribution in [0.1, 0.15) is 27.7 Å². The highest BCUT2D eigenvalue weighted by molar-refractivity contribution is 5.79. The molecule has 0 aromatic heterocycles. The second kappa shape index (κ2) is 5.07. The van der Waals surface area contributed by atoms with Crippen LogP contribution in [-0.2, 0) is 28.5 Å². The summed E-state index contributed by atoms with van der Waals surface area (Å²) in [5.74, 6) is -2.30. The summed E-state index contributed by atoms with van der Waals surface area (Å²) >= 11 is 0. The molecule has 22 heavy (non-hydrogen) atoms. The third-order valence-corrected chi connectivity index (χ3v) is 3.87. The summed E-state index contributed by atoms with van der Waals surface area (Å²) in [4.78, 5) is 14.6. The molecule has 0 spiro atoms. The lowest BCUT2D eigenvalue weighted by Crippen LogP contribution is -2.59. The third kappa shape index (κ3) is 2.66. The maximum atomic E-state index is 11.9. The van der Waals surface area contributed by atoms with E-state index in [1.807, 2.05) is 0 Å². The van der Waals surface area contributed by atoms with Gasteiger partial charge in [-0.15, -0.1) is 0 Å². The summed E-state index contributed by atoms with van der Waals surface area (Å²) in [6, 6.07) is -1.02. The number of azide groups is 1. The van der Waals surface area contributed by atoms with Gasteiger partial charge in [0.25, 0.3) is 0 Å². The van der Waals surface area contributed by atoms with Crippen molar-refractivity contribution in [1.29, 1.82) is 0 Å². The minimum atomic E-state index is -1.02. The summed E-state index contributed by atoms with van der Waals surface area (Å²) in [5, 5.41) is 3.50. The van der Waals surface area contributed by atoms with Crippen molar-refractivity contribution in [2.24, 2.45) is 5.11 Å². The Morgan fingerprint density at radius 3 is 2.36 bits per heavy atom. The van der Waals surface area contributed by atoms with E-state index in [0.717, 1.165) is 0 Å². The predicted molar refractivity (Wildman–Crippen MR) is 71.5 cm³/mol. The topological polar surface area (TPSA) is 112 Å². The van der Waals surface area contributed by atoms with Crippen LogP contribution in [0.15, 0.2) is 5.11 Å². The Kier molecular flexibility index (Phi) is 3.58. The first-order chi connectivity index (χ1) is 10.2. The van der Waals surface area contributed by atoms with Crippen LogP contribution in [0, 0.1) is 0 Å². The van der Waals surface area contributed by atoms with Gasteiger partial charge in [-0.1, -0.05) is 5.11 Å². The van der Waals surface area contributed by atoms with Gasteiger partial charge in [-0.3, -0.25) is 4.79 Å². The van der Waals surface area contributed by atoms with Crippen LogP contribution in [0.25, 0.3) is 10.4 Å². The molecule has 3 rings (SSSR count). The summed E-state index contributed by atoms with van der Waals surface area (Å²) in [7, 11) is 0. The first-order valence-corrected chi connectivity index (χ1v) is 7.14. The fourth-order valence-electron chi connectivity index (χ4n) is 3.05. The van der Waals surface area contributed by atoms with Crippen LogP contribution in [0.5, 0.6) is 0 Å². The number of fused-ring (bicyclic) bond motifs is 1. The highest BCUT2D eigenvalue weighted by Crippen LogP contribution is 2.40. The van der Waals surface area contributed by atoms with Crippen molar-refractivity contribution in [3.63, 3.8) is 0 Å². The molecule has 0 amide bonds. The molecule has 9 nitrogen and oxygen atoms in total. The fourth-order valence-corrected chi connectivity index (χ4v) is 3.05. The zero-order valence-electron chi connectivity index (χ0n) is 12.9. The Balaban J connectivity index is 1.87. The molecule has 3 fully saturated rings. The SMILES string of the molecule is CC1(C)O[C@@H]2[C@@H](OC(=O)[C@@H]2N=[N+]=[N-])[C@@H]([C@H]2COC(C)(C)O2)O1. The standard InChI is InChI=1S/C13H19N3O6/c1-12(2)18-5-6(20-12)8-10-9(22-13(3,4)21-8)7(15-16-14)11(17)19-10/h6-10H,5H2,1-4H3/t6-,7-,8-,9+,10+/m1/s1. The average molecular weight is 313 g/mol. The quantitative estimate of drug-likeness (QED) is 0.328. The zero-order chi connectivity index (χ0) is 16.1. The van der Waals surface area contributed by atoms with E-state index in [-0.39, 0.29) is 0 Å². The first-order valence-electron chi connectivity index (χ1n) is 7.14. The van der Waals surface area contributed by atoms with E-state index < -0.39 is 48.0 Å². The molecule has 5 atom stereocenters. The molecular formula is C13H19N3O6. The molecule has 3 aliphatic rings. The van der Waals surface area contributed by atoms with E-state index in [1.165, 1.54) is 0 Å².